The quantitative estimate of drug-likeness (QED) is 0.336. The van der Waals surface area contributed by atoms with Gasteiger partial charge in [-0.3, -0.25) is 14.2 Å². The molecule has 1 N–H and O–H groups in total. The second kappa shape index (κ2) is 10.1. The van der Waals surface area contributed by atoms with Crippen molar-refractivity contribution in [2.24, 2.45) is 0 Å². The zero-order chi connectivity index (χ0) is 21.5. The van der Waals surface area contributed by atoms with Crippen molar-refractivity contribution in [1.82, 2.24) is 9.55 Å². The lowest BCUT2D eigenvalue weighted by Gasteiger charge is -2.13. The predicted molar refractivity (Wildman–Crippen MR) is 118 cm³/mol. The molecule has 1 aromatic heterocycles. The molecule has 0 saturated heterocycles. The number of benzene rings is 2. The molecule has 3 rings (SSSR count). The number of hydrogen-bond acceptors (Lipinski definition) is 6. The van der Waals surface area contributed by atoms with Crippen molar-refractivity contribution in [3.05, 3.63) is 64.4 Å². The number of anilines is 1. The molecule has 0 bridgehead atoms. The Morgan fingerprint density at radius 2 is 1.83 bits per heavy atom. The first-order valence-electron chi connectivity index (χ1n) is 9.73. The second-order valence-electron chi connectivity index (χ2n) is 6.47. The lowest BCUT2D eigenvalue weighted by atomic mass is 10.2. The van der Waals surface area contributed by atoms with Crippen molar-refractivity contribution in [2.45, 2.75) is 32.0 Å². The maximum absolute atomic E-state index is 12.8. The highest BCUT2D eigenvalue weighted by Crippen LogP contribution is 2.20. The Bertz CT molecular complexity index is 1130. The van der Waals surface area contributed by atoms with Crippen LogP contribution >= 0.6 is 11.8 Å². The van der Waals surface area contributed by atoms with E-state index in [1.165, 1.54) is 11.8 Å². The molecule has 1 heterocycles. The van der Waals surface area contributed by atoms with Gasteiger partial charge >= 0.3 is 5.97 Å². The van der Waals surface area contributed by atoms with Gasteiger partial charge in [0.25, 0.3) is 5.56 Å². The zero-order valence-corrected chi connectivity index (χ0v) is 17.7. The molecule has 0 spiro atoms. The molecule has 1 amide bonds. The van der Waals surface area contributed by atoms with E-state index < -0.39 is 5.97 Å². The first-order chi connectivity index (χ1) is 14.5. The topological polar surface area (TPSA) is 90.3 Å². The summed E-state index contributed by atoms with van der Waals surface area (Å²) in [6.45, 7) is 4.48. The van der Waals surface area contributed by atoms with Crippen molar-refractivity contribution < 1.29 is 14.3 Å². The normalized spacial score (nSPS) is 10.7. The fraction of sp³-hybridized carbons (Fsp3) is 0.273. The lowest BCUT2D eigenvalue weighted by Crippen LogP contribution is -2.24. The van der Waals surface area contributed by atoms with Gasteiger partial charge < -0.3 is 10.1 Å². The first-order valence-corrected chi connectivity index (χ1v) is 10.7. The van der Waals surface area contributed by atoms with E-state index in [0.29, 0.717) is 33.9 Å². The van der Waals surface area contributed by atoms with Crippen molar-refractivity contribution in [3.63, 3.8) is 0 Å². The SMILES string of the molecule is CCCn1c(SCC(=O)Nc2ccccc2C(=O)OCC)nc2ccccc2c1=O. The van der Waals surface area contributed by atoms with Gasteiger partial charge in [-0.15, -0.1) is 0 Å². The number of nitrogens with zero attached hydrogens (tertiary/aromatic N) is 2. The molecule has 8 heteroatoms. The van der Waals surface area contributed by atoms with Crippen LogP contribution in [0, 0.1) is 0 Å². The summed E-state index contributed by atoms with van der Waals surface area (Å²) in [7, 11) is 0. The number of hydrogen-bond donors (Lipinski definition) is 1. The van der Waals surface area contributed by atoms with Gasteiger partial charge in [-0.2, -0.15) is 0 Å². The maximum atomic E-state index is 12.8. The Kier molecular flexibility index (Phi) is 7.24. The number of nitrogens with one attached hydrogen (secondary N) is 1. The molecule has 2 aromatic carbocycles. The summed E-state index contributed by atoms with van der Waals surface area (Å²) in [5.74, 6) is -0.748. The Hall–Kier alpha value is -3.13. The standard InChI is InChI=1S/C22H23N3O4S/c1-3-13-25-20(27)15-9-5-7-11-17(15)24-22(25)30-14-19(26)23-18-12-8-6-10-16(18)21(28)29-4-2/h5-12H,3-4,13-14H2,1-2H3,(H,23,26). The molecular weight excluding hydrogens is 402 g/mol. The van der Waals surface area contributed by atoms with Gasteiger partial charge in [0.15, 0.2) is 5.16 Å². The number of carbonyl (C=O) groups is 2. The lowest BCUT2D eigenvalue weighted by molar-refractivity contribution is -0.113. The molecular formula is C22H23N3O4S. The highest BCUT2D eigenvalue weighted by molar-refractivity contribution is 7.99. The minimum absolute atomic E-state index is 0.0473. The van der Waals surface area contributed by atoms with Crippen LogP contribution in [0.5, 0.6) is 0 Å². The fourth-order valence-corrected chi connectivity index (χ4v) is 3.80. The summed E-state index contributed by atoms with van der Waals surface area (Å²) in [6, 6.07) is 13.9. The molecule has 0 radical (unpaired) electrons. The minimum atomic E-state index is -0.492. The molecule has 0 atom stereocenters. The third-order valence-electron chi connectivity index (χ3n) is 4.30. The summed E-state index contributed by atoms with van der Waals surface area (Å²) >= 11 is 1.19. The molecule has 3 aromatic rings. The Morgan fingerprint density at radius 1 is 1.10 bits per heavy atom. The van der Waals surface area contributed by atoms with E-state index in [-0.39, 0.29) is 23.8 Å². The van der Waals surface area contributed by atoms with Crippen LogP contribution in [0.1, 0.15) is 30.6 Å². The van der Waals surface area contributed by atoms with E-state index in [1.54, 1.807) is 47.9 Å². The first kappa shape index (κ1) is 21.6. The van der Waals surface area contributed by atoms with Crippen LogP contribution in [0.2, 0.25) is 0 Å². The van der Waals surface area contributed by atoms with Crippen LogP contribution in [-0.4, -0.2) is 33.8 Å². The number of fused-ring (bicyclic) bond motifs is 1. The van der Waals surface area contributed by atoms with Gasteiger partial charge in [-0.25, -0.2) is 9.78 Å². The van der Waals surface area contributed by atoms with Crippen LogP contribution in [0.15, 0.2) is 58.5 Å². The molecule has 0 fully saturated rings. The molecule has 0 aliphatic rings. The molecule has 7 nitrogen and oxygen atoms in total. The predicted octanol–water partition coefficient (Wildman–Crippen LogP) is 3.71. The number of esters is 1. The summed E-state index contributed by atoms with van der Waals surface area (Å²) in [6.07, 6.45) is 0.770. The Morgan fingerprint density at radius 3 is 2.60 bits per heavy atom. The van der Waals surface area contributed by atoms with Gasteiger partial charge in [0.05, 0.1) is 34.5 Å². The van der Waals surface area contributed by atoms with Crippen molar-refractivity contribution >= 4 is 40.2 Å². The van der Waals surface area contributed by atoms with E-state index in [4.69, 9.17) is 4.74 Å². The maximum Gasteiger partial charge on any atom is 0.340 e. The highest BCUT2D eigenvalue weighted by Gasteiger charge is 2.16. The highest BCUT2D eigenvalue weighted by atomic mass is 32.2. The number of para-hydroxylation sites is 2. The van der Waals surface area contributed by atoms with E-state index in [0.717, 1.165) is 6.42 Å². The van der Waals surface area contributed by atoms with E-state index >= 15 is 0 Å². The minimum Gasteiger partial charge on any atom is -0.462 e. The molecule has 0 aliphatic carbocycles. The van der Waals surface area contributed by atoms with Crippen LogP contribution in [-0.2, 0) is 16.1 Å². The molecule has 30 heavy (non-hydrogen) atoms. The largest absolute Gasteiger partial charge is 0.462 e. The zero-order valence-electron chi connectivity index (χ0n) is 16.9. The van der Waals surface area contributed by atoms with Crippen LogP contribution in [0.25, 0.3) is 10.9 Å². The van der Waals surface area contributed by atoms with Gasteiger partial charge in [-0.1, -0.05) is 43.0 Å². The summed E-state index contributed by atoms with van der Waals surface area (Å²) in [4.78, 5) is 42.0. The summed E-state index contributed by atoms with van der Waals surface area (Å²) in [5.41, 5.74) is 1.17. The molecule has 0 saturated carbocycles. The smallest absolute Gasteiger partial charge is 0.340 e. The number of rotatable bonds is 8. The molecule has 0 aliphatic heterocycles. The Labute approximate surface area is 178 Å². The van der Waals surface area contributed by atoms with Crippen LogP contribution in [0.4, 0.5) is 5.69 Å². The third-order valence-corrected chi connectivity index (χ3v) is 5.28. The average Bonchev–Trinajstić information content (AvgIpc) is 2.75. The van der Waals surface area contributed by atoms with Crippen molar-refractivity contribution in [3.8, 4) is 0 Å². The van der Waals surface area contributed by atoms with Gasteiger partial charge in [-0.05, 0) is 37.6 Å². The van der Waals surface area contributed by atoms with E-state index in [1.807, 2.05) is 19.1 Å². The molecule has 156 valence electrons. The summed E-state index contributed by atoms with van der Waals surface area (Å²) in [5, 5.41) is 3.80. The van der Waals surface area contributed by atoms with Crippen LogP contribution < -0.4 is 10.9 Å². The van der Waals surface area contributed by atoms with Gasteiger partial charge in [0.2, 0.25) is 5.91 Å². The van der Waals surface area contributed by atoms with Gasteiger partial charge in [0, 0.05) is 6.54 Å². The number of carbonyl (C=O) groups excluding carboxylic acids is 2. The summed E-state index contributed by atoms with van der Waals surface area (Å²) < 4.78 is 6.64. The fourth-order valence-electron chi connectivity index (χ4n) is 2.97. The number of thioether (sulfide) groups is 1. The number of ether oxygens (including phenoxy) is 1. The monoisotopic (exact) mass is 425 g/mol. The Balaban J connectivity index is 1.79. The number of aromatic nitrogens is 2. The van der Waals surface area contributed by atoms with E-state index in [9.17, 15) is 14.4 Å². The van der Waals surface area contributed by atoms with Crippen molar-refractivity contribution in [1.29, 1.82) is 0 Å². The number of amides is 1. The van der Waals surface area contributed by atoms with E-state index in [2.05, 4.69) is 10.3 Å². The average molecular weight is 426 g/mol. The molecule has 0 unspecified atom stereocenters. The van der Waals surface area contributed by atoms with Crippen molar-refractivity contribution in [2.75, 3.05) is 17.7 Å². The van der Waals surface area contributed by atoms with Crippen LogP contribution in [0.3, 0.4) is 0 Å². The second-order valence-corrected chi connectivity index (χ2v) is 7.41. The third kappa shape index (κ3) is 4.88. The van der Waals surface area contributed by atoms with Gasteiger partial charge in [0.1, 0.15) is 0 Å².